The molecular weight excluding hydrogens is 281 g/mol. The lowest BCUT2D eigenvalue weighted by molar-refractivity contribution is 0.619. The minimum Gasteiger partial charge on any atom is -0.314 e. The largest absolute Gasteiger partial charge is 0.314 e. The van der Waals surface area contributed by atoms with Crippen LogP contribution >= 0.6 is 15.9 Å². The fraction of sp³-hybridized carbons (Fsp3) is 0. The summed E-state index contributed by atoms with van der Waals surface area (Å²) in [6, 6.07) is 14.9. The van der Waals surface area contributed by atoms with E-state index in [1.54, 1.807) is 12.1 Å². The van der Waals surface area contributed by atoms with Crippen LogP contribution in [0.25, 0.3) is 16.6 Å². The molecule has 1 heterocycles. The fourth-order valence-corrected chi connectivity index (χ4v) is 2.31. The Labute approximate surface area is 107 Å². The molecule has 0 bridgehead atoms. The third-order valence-corrected chi connectivity index (χ3v) is 3.26. The molecule has 0 saturated carbocycles. The molecule has 3 aromatic rings. The van der Waals surface area contributed by atoms with Gasteiger partial charge in [-0.25, -0.2) is 4.39 Å². The average Bonchev–Trinajstić information content (AvgIpc) is 2.76. The van der Waals surface area contributed by atoms with Gasteiger partial charge in [0.2, 0.25) is 0 Å². The van der Waals surface area contributed by atoms with Crippen molar-refractivity contribution in [1.82, 2.24) is 4.57 Å². The first-order valence-corrected chi connectivity index (χ1v) is 6.06. The second kappa shape index (κ2) is 4.00. The molecule has 0 saturated heterocycles. The van der Waals surface area contributed by atoms with Gasteiger partial charge in [-0.3, -0.25) is 0 Å². The number of hydrogen-bond acceptors (Lipinski definition) is 0. The van der Waals surface area contributed by atoms with Crippen molar-refractivity contribution in [2.75, 3.05) is 0 Å². The van der Waals surface area contributed by atoms with Crippen molar-refractivity contribution < 1.29 is 4.39 Å². The molecular formula is C14H9BrFN. The topological polar surface area (TPSA) is 4.93 Å². The highest BCUT2D eigenvalue weighted by atomic mass is 79.9. The highest BCUT2D eigenvalue weighted by Gasteiger charge is 2.07. The van der Waals surface area contributed by atoms with Crippen LogP contribution in [-0.2, 0) is 0 Å². The third kappa shape index (κ3) is 1.76. The minimum atomic E-state index is -0.227. The lowest BCUT2D eigenvalue weighted by Crippen LogP contribution is -1.95. The van der Waals surface area contributed by atoms with Crippen molar-refractivity contribution in [1.29, 1.82) is 0 Å². The standard InChI is InChI=1S/C14H9BrFN/c15-11-5-6-12(16)14(9-11)17-8-7-10-3-1-2-4-13(10)17/h1-9H. The molecule has 0 amide bonds. The van der Waals surface area contributed by atoms with Crippen LogP contribution in [0, 0.1) is 5.82 Å². The van der Waals surface area contributed by atoms with Crippen LogP contribution < -0.4 is 0 Å². The van der Waals surface area contributed by atoms with Crippen LogP contribution in [0.2, 0.25) is 0 Å². The van der Waals surface area contributed by atoms with E-state index in [0.29, 0.717) is 5.69 Å². The minimum absolute atomic E-state index is 0.227. The molecule has 84 valence electrons. The van der Waals surface area contributed by atoms with E-state index in [-0.39, 0.29) is 5.82 Å². The first-order valence-electron chi connectivity index (χ1n) is 5.27. The number of para-hydroxylation sites is 1. The van der Waals surface area contributed by atoms with Crippen LogP contribution in [0.4, 0.5) is 4.39 Å². The summed E-state index contributed by atoms with van der Waals surface area (Å²) >= 11 is 3.37. The van der Waals surface area contributed by atoms with Gasteiger partial charge < -0.3 is 4.57 Å². The Morgan fingerprint density at radius 2 is 1.82 bits per heavy atom. The molecule has 3 heteroatoms. The molecule has 2 aromatic carbocycles. The van der Waals surface area contributed by atoms with Crippen molar-refractivity contribution in [2.45, 2.75) is 0 Å². The van der Waals surface area contributed by atoms with Gasteiger partial charge in [-0.1, -0.05) is 34.1 Å². The molecule has 3 rings (SSSR count). The van der Waals surface area contributed by atoms with E-state index in [9.17, 15) is 4.39 Å². The maximum atomic E-state index is 13.8. The first-order chi connectivity index (χ1) is 8.25. The summed E-state index contributed by atoms with van der Waals surface area (Å²) in [6.45, 7) is 0. The molecule has 17 heavy (non-hydrogen) atoms. The van der Waals surface area contributed by atoms with Crippen LogP contribution in [0.3, 0.4) is 0 Å². The van der Waals surface area contributed by atoms with Gasteiger partial charge in [-0.15, -0.1) is 0 Å². The molecule has 1 aromatic heterocycles. The number of rotatable bonds is 1. The molecule has 0 atom stereocenters. The van der Waals surface area contributed by atoms with Gasteiger partial charge in [0.15, 0.2) is 0 Å². The van der Waals surface area contributed by atoms with E-state index < -0.39 is 0 Å². The zero-order valence-corrected chi connectivity index (χ0v) is 10.5. The molecule has 0 aliphatic heterocycles. The van der Waals surface area contributed by atoms with E-state index in [2.05, 4.69) is 15.9 Å². The van der Waals surface area contributed by atoms with E-state index in [1.165, 1.54) is 6.07 Å². The molecule has 0 fully saturated rings. The van der Waals surface area contributed by atoms with Crippen LogP contribution in [0.15, 0.2) is 59.2 Å². The summed E-state index contributed by atoms with van der Waals surface area (Å²) < 4.78 is 16.5. The summed E-state index contributed by atoms with van der Waals surface area (Å²) in [5.74, 6) is -0.227. The molecule has 0 aliphatic carbocycles. The van der Waals surface area contributed by atoms with Crippen molar-refractivity contribution in [3.05, 3.63) is 65.0 Å². The summed E-state index contributed by atoms with van der Waals surface area (Å²) in [7, 11) is 0. The Morgan fingerprint density at radius 1 is 1.00 bits per heavy atom. The lowest BCUT2D eigenvalue weighted by Gasteiger charge is -2.07. The van der Waals surface area contributed by atoms with Gasteiger partial charge in [0.1, 0.15) is 5.82 Å². The number of benzene rings is 2. The lowest BCUT2D eigenvalue weighted by atomic mass is 10.2. The Kier molecular flexibility index (Phi) is 2.48. The zero-order chi connectivity index (χ0) is 11.8. The van der Waals surface area contributed by atoms with Gasteiger partial charge in [-0.2, -0.15) is 0 Å². The predicted molar refractivity (Wildman–Crippen MR) is 70.9 cm³/mol. The summed E-state index contributed by atoms with van der Waals surface area (Å²) in [5.41, 5.74) is 1.56. The van der Waals surface area contributed by atoms with Gasteiger partial charge in [0.25, 0.3) is 0 Å². The number of hydrogen-bond donors (Lipinski definition) is 0. The van der Waals surface area contributed by atoms with Crippen molar-refractivity contribution in [2.24, 2.45) is 0 Å². The van der Waals surface area contributed by atoms with Gasteiger partial charge in [0, 0.05) is 10.7 Å². The van der Waals surface area contributed by atoms with E-state index in [1.807, 2.05) is 41.1 Å². The smallest absolute Gasteiger partial charge is 0.147 e. The number of nitrogens with zero attached hydrogens (tertiary/aromatic N) is 1. The van der Waals surface area contributed by atoms with Gasteiger partial charge in [-0.05, 0) is 35.7 Å². The molecule has 0 spiro atoms. The predicted octanol–water partition coefficient (Wildman–Crippen LogP) is 4.53. The van der Waals surface area contributed by atoms with Crippen molar-refractivity contribution >= 4 is 26.8 Å². The normalized spacial score (nSPS) is 10.9. The summed E-state index contributed by atoms with van der Waals surface area (Å²) in [6.07, 6.45) is 1.88. The van der Waals surface area contributed by atoms with Crippen LogP contribution in [0.1, 0.15) is 0 Å². The van der Waals surface area contributed by atoms with E-state index >= 15 is 0 Å². The van der Waals surface area contributed by atoms with Crippen molar-refractivity contribution in [3.8, 4) is 5.69 Å². The number of fused-ring (bicyclic) bond motifs is 1. The van der Waals surface area contributed by atoms with Crippen molar-refractivity contribution in [3.63, 3.8) is 0 Å². The maximum Gasteiger partial charge on any atom is 0.147 e. The Morgan fingerprint density at radius 3 is 2.71 bits per heavy atom. The fourth-order valence-electron chi connectivity index (χ4n) is 1.96. The SMILES string of the molecule is Fc1ccc(Br)cc1-n1ccc2ccccc21. The molecule has 0 unspecified atom stereocenters. The molecule has 0 aliphatic rings. The van der Waals surface area contributed by atoms with Crippen LogP contribution in [0.5, 0.6) is 0 Å². The second-order valence-corrected chi connectivity index (χ2v) is 4.76. The van der Waals surface area contributed by atoms with Crippen LogP contribution in [-0.4, -0.2) is 4.57 Å². The summed E-state index contributed by atoms with van der Waals surface area (Å²) in [5, 5.41) is 1.10. The maximum absolute atomic E-state index is 13.8. The first kappa shape index (κ1) is 10.5. The van der Waals surface area contributed by atoms with Gasteiger partial charge in [0.05, 0.1) is 11.2 Å². The summed E-state index contributed by atoms with van der Waals surface area (Å²) in [4.78, 5) is 0. The number of aromatic nitrogens is 1. The molecule has 1 nitrogen and oxygen atoms in total. The quantitative estimate of drug-likeness (QED) is 0.620. The average molecular weight is 290 g/mol. The second-order valence-electron chi connectivity index (χ2n) is 3.84. The monoisotopic (exact) mass is 289 g/mol. The zero-order valence-electron chi connectivity index (χ0n) is 8.90. The Hall–Kier alpha value is -1.61. The molecule has 0 radical (unpaired) electrons. The Balaban J connectivity index is 2.31. The third-order valence-electron chi connectivity index (χ3n) is 2.77. The number of halogens is 2. The van der Waals surface area contributed by atoms with Gasteiger partial charge >= 0.3 is 0 Å². The van der Waals surface area contributed by atoms with E-state index in [4.69, 9.17) is 0 Å². The van der Waals surface area contributed by atoms with E-state index in [0.717, 1.165) is 15.4 Å². The highest BCUT2D eigenvalue weighted by Crippen LogP contribution is 2.24. The molecule has 0 N–H and O–H groups in total. The highest BCUT2D eigenvalue weighted by molar-refractivity contribution is 9.10. The Bertz CT molecular complexity index is 688.